The van der Waals surface area contributed by atoms with Crippen molar-refractivity contribution in [3.63, 3.8) is 0 Å². The molecule has 4 rings (SSSR count). The van der Waals surface area contributed by atoms with Crippen LogP contribution in [0.3, 0.4) is 0 Å². The standard InChI is InChI=1S/C49H74O3P/c1-42(2,3)32-22-30-24-38(46(13,14)15)40(28-34(30)36(26-32)44(7,8)9)49(21,48(19,20)53(50,51)52)41-29-35-31(25-39(41)47(16,17)18)23-33(43(4,5)6)27-37(35)45(10,11)12/h22-29,50-52H,1-21H3/q+1. The molecule has 3 nitrogen and oxygen atoms in total. The minimum Gasteiger partial charge on any atom is -0.192 e. The molecular formula is C49H74O3P+. The van der Waals surface area contributed by atoms with Gasteiger partial charge in [0.05, 0.1) is 5.41 Å². The van der Waals surface area contributed by atoms with Gasteiger partial charge in [0.2, 0.25) is 0 Å². The fourth-order valence-electron chi connectivity index (χ4n) is 8.10. The molecule has 0 atom stereocenters. The fraction of sp³-hybridized carbons (Fsp3) is 0.592. The molecule has 0 aliphatic carbocycles. The fourth-order valence-corrected chi connectivity index (χ4v) is 8.94. The van der Waals surface area contributed by atoms with E-state index < -0.39 is 18.5 Å². The monoisotopic (exact) mass is 742 g/mol. The van der Waals surface area contributed by atoms with Gasteiger partial charge < -0.3 is 0 Å². The van der Waals surface area contributed by atoms with E-state index in [-0.39, 0.29) is 32.5 Å². The van der Waals surface area contributed by atoms with Crippen molar-refractivity contribution in [3.05, 3.63) is 93.0 Å². The summed E-state index contributed by atoms with van der Waals surface area (Å²) in [7, 11) is -4.48. The van der Waals surface area contributed by atoms with Gasteiger partial charge in [-0.1, -0.05) is 161 Å². The van der Waals surface area contributed by atoms with Gasteiger partial charge in [0.1, 0.15) is 0 Å². The average molecular weight is 742 g/mol. The van der Waals surface area contributed by atoms with Crippen LogP contribution in [-0.4, -0.2) is 19.8 Å². The molecule has 0 spiro atoms. The van der Waals surface area contributed by atoms with Crippen molar-refractivity contribution in [2.24, 2.45) is 0 Å². The summed E-state index contributed by atoms with van der Waals surface area (Å²) in [6.45, 7) is 46.7. The highest BCUT2D eigenvalue weighted by Crippen LogP contribution is 2.68. The smallest absolute Gasteiger partial charge is 0.192 e. The third-order valence-electron chi connectivity index (χ3n) is 12.2. The molecule has 53 heavy (non-hydrogen) atoms. The van der Waals surface area contributed by atoms with Crippen LogP contribution in [0.15, 0.2) is 48.5 Å². The van der Waals surface area contributed by atoms with Crippen LogP contribution in [0, 0.1) is 0 Å². The molecule has 0 unspecified atom stereocenters. The molecule has 292 valence electrons. The molecule has 0 aliphatic rings. The van der Waals surface area contributed by atoms with E-state index in [0.29, 0.717) is 0 Å². The van der Waals surface area contributed by atoms with E-state index in [0.717, 1.165) is 33.0 Å². The zero-order valence-corrected chi connectivity index (χ0v) is 38.3. The zero-order chi connectivity index (χ0) is 41.1. The van der Waals surface area contributed by atoms with Crippen LogP contribution < -0.4 is 0 Å². The summed E-state index contributed by atoms with van der Waals surface area (Å²) in [5.41, 5.74) is 7.39. The lowest BCUT2D eigenvalue weighted by Crippen LogP contribution is -2.49. The van der Waals surface area contributed by atoms with Gasteiger partial charge in [-0.15, -0.1) is 0 Å². The summed E-state index contributed by atoms with van der Waals surface area (Å²) in [6, 6.07) is 18.9. The Bertz CT molecular complexity index is 1900. The van der Waals surface area contributed by atoms with Gasteiger partial charge in [0, 0.05) is 0 Å². The second-order valence-electron chi connectivity index (χ2n) is 23.0. The summed E-state index contributed by atoms with van der Waals surface area (Å²) >= 11 is 0. The van der Waals surface area contributed by atoms with Gasteiger partial charge in [0.25, 0.3) is 0 Å². The predicted octanol–water partition coefficient (Wildman–Crippen LogP) is 13.6. The topological polar surface area (TPSA) is 60.7 Å². The van der Waals surface area contributed by atoms with E-state index in [9.17, 15) is 14.7 Å². The minimum atomic E-state index is -4.48. The Hall–Kier alpha value is -2.29. The first-order chi connectivity index (χ1) is 23.3. The minimum absolute atomic E-state index is 0.0374. The Kier molecular flexibility index (Phi) is 10.6. The van der Waals surface area contributed by atoms with Crippen LogP contribution in [0.25, 0.3) is 21.5 Å². The van der Waals surface area contributed by atoms with Crippen LogP contribution in [-0.2, 0) is 37.9 Å². The Labute approximate surface area is 324 Å². The van der Waals surface area contributed by atoms with E-state index in [1.165, 1.54) is 33.0 Å². The zero-order valence-electron chi connectivity index (χ0n) is 37.4. The van der Waals surface area contributed by atoms with Crippen molar-refractivity contribution in [1.29, 1.82) is 0 Å². The summed E-state index contributed by atoms with van der Waals surface area (Å²) in [4.78, 5) is 35.0. The second-order valence-corrected chi connectivity index (χ2v) is 25.3. The van der Waals surface area contributed by atoms with Crippen molar-refractivity contribution in [2.75, 3.05) is 0 Å². The van der Waals surface area contributed by atoms with Crippen molar-refractivity contribution < 1.29 is 14.7 Å². The van der Waals surface area contributed by atoms with E-state index >= 15 is 0 Å². The molecule has 0 fully saturated rings. The van der Waals surface area contributed by atoms with Crippen LogP contribution in [0.4, 0.5) is 0 Å². The largest absolute Gasteiger partial charge is 0.410 e. The molecule has 4 aromatic carbocycles. The van der Waals surface area contributed by atoms with E-state index in [4.69, 9.17) is 0 Å². The van der Waals surface area contributed by atoms with E-state index in [1.807, 2.05) is 13.8 Å². The van der Waals surface area contributed by atoms with Gasteiger partial charge in [0.15, 0.2) is 5.16 Å². The number of hydrogen-bond acceptors (Lipinski definition) is 3. The van der Waals surface area contributed by atoms with Gasteiger partial charge in [-0.2, -0.15) is 14.7 Å². The third-order valence-corrected chi connectivity index (χ3v) is 14.1. The van der Waals surface area contributed by atoms with Crippen molar-refractivity contribution in [2.45, 2.75) is 188 Å². The first-order valence-electron chi connectivity index (χ1n) is 19.7. The number of fused-ring (bicyclic) bond motifs is 2. The summed E-state index contributed by atoms with van der Waals surface area (Å²) in [5, 5.41) is 3.33. The van der Waals surface area contributed by atoms with Crippen LogP contribution >= 0.6 is 7.94 Å². The maximum atomic E-state index is 11.7. The first-order valence-corrected chi connectivity index (χ1v) is 21.3. The molecule has 0 bridgehead atoms. The summed E-state index contributed by atoms with van der Waals surface area (Å²) in [5.74, 6) is 0. The Morgan fingerprint density at radius 1 is 0.321 bits per heavy atom. The molecular weight excluding hydrogens is 668 g/mol. The highest BCUT2D eigenvalue weighted by Gasteiger charge is 2.64. The number of rotatable bonds is 4. The Morgan fingerprint density at radius 2 is 0.604 bits per heavy atom. The van der Waals surface area contributed by atoms with Crippen LogP contribution in [0.1, 0.15) is 190 Å². The van der Waals surface area contributed by atoms with Gasteiger partial charge in [-0.3, -0.25) is 0 Å². The molecule has 0 aromatic heterocycles. The normalized spacial score (nSPS) is 14.8. The van der Waals surface area contributed by atoms with Gasteiger partial charge in [-0.05, 0) is 131 Å². The van der Waals surface area contributed by atoms with Gasteiger partial charge >= 0.3 is 7.94 Å². The lowest BCUT2D eigenvalue weighted by atomic mass is 9.60. The van der Waals surface area contributed by atoms with Crippen molar-refractivity contribution >= 4 is 29.5 Å². The van der Waals surface area contributed by atoms with Crippen molar-refractivity contribution in [3.8, 4) is 0 Å². The second kappa shape index (κ2) is 12.9. The SMILES string of the molecule is CC(C)(C)c1cc(C(C)(C)C)c2cc(C(C)(c3cc4c(C(C)(C)C)cc(C(C)(C)C)cc4cc3C(C)(C)C)C(C)(C)[P+](O)(O)O)c(C(C)(C)C)cc2c1. The van der Waals surface area contributed by atoms with E-state index in [2.05, 4.69) is 180 Å². The first kappa shape index (κ1) is 43.4. The number of hydrogen-bond donors (Lipinski definition) is 3. The molecule has 4 aromatic rings. The molecule has 0 saturated carbocycles. The van der Waals surface area contributed by atoms with Crippen molar-refractivity contribution in [1.82, 2.24) is 0 Å². The highest BCUT2D eigenvalue weighted by atomic mass is 31.2. The maximum Gasteiger partial charge on any atom is 0.410 e. The Balaban J connectivity index is 2.42. The average Bonchev–Trinajstić information content (AvgIpc) is 2.94. The number of benzene rings is 4. The van der Waals surface area contributed by atoms with Gasteiger partial charge in [-0.25, -0.2) is 0 Å². The highest BCUT2D eigenvalue weighted by molar-refractivity contribution is 7.60. The van der Waals surface area contributed by atoms with Crippen LogP contribution in [0.5, 0.6) is 0 Å². The third kappa shape index (κ3) is 7.90. The molecule has 0 saturated heterocycles. The summed E-state index contributed by atoms with van der Waals surface area (Å²) in [6.07, 6.45) is 0. The molecule has 0 radical (unpaired) electrons. The maximum absolute atomic E-state index is 11.7. The quantitative estimate of drug-likeness (QED) is 0.183. The molecule has 0 amide bonds. The summed E-state index contributed by atoms with van der Waals surface area (Å²) < 4.78 is 0. The Morgan fingerprint density at radius 3 is 0.830 bits per heavy atom. The van der Waals surface area contributed by atoms with E-state index in [1.54, 1.807) is 0 Å². The molecule has 0 aliphatic heterocycles. The molecule has 3 N–H and O–H groups in total. The predicted molar refractivity (Wildman–Crippen MR) is 234 cm³/mol. The lowest BCUT2D eigenvalue weighted by Gasteiger charge is -2.47. The molecule has 0 heterocycles. The van der Waals surface area contributed by atoms with Crippen LogP contribution in [0.2, 0.25) is 0 Å². The lowest BCUT2D eigenvalue weighted by molar-refractivity contribution is 0.255. The molecule has 4 heteroatoms.